The predicted octanol–water partition coefficient (Wildman–Crippen LogP) is 1.11. The van der Waals surface area contributed by atoms with Crippen molar-refractivity contribution in [3.05, 3.63) is 80.5 Å². The molecule has 1 amide bonds. The molecule has 0 aliphatic rings. The number of rotatable bonds is 8. The third-order valence-electron chi connectivity index (χ3n) is 4.83. The Morgan fingerprint density at radius 1 is 1.15 bits per heavy atom. The summed E-state index contributed by atoms with van der Waals surface area (Å²) in [5.74, 6) is -1.73. The number of hydrogen-bond acceptors (Lipinski definition) is 8. The molecule has 11 nitrogen and oxygen atoms in total. The van der Waals surface area contributed by atoms with Gasteiger partial charge in [-0.2, -0.15) is 0 Å². The van der Waals surface area contributed by atoms with Crippen LogP contribution in [-0.2, 0) is 16.1 Å². The summed E-state index contributed by atoms with van der Waals surface area (Å²) in [6, 6.07) is 9.07. The van der Waals surface area contributed by atoms with Crippen molar-refractivity contribution in [1.29, 1.82) is 0 Å². The Morgan fingerprint density at radius 3 is 2.47 bits per heavy atom. The molecule has 0 aliphatic heterocycles. The van der Waals surface area contributed by atoms with E-state index in [1.165, 1.54) is 17.0 Å². The molecule has 0 radical (unpaired) electrons. The second-order valence-electron chi connectivity index (χ2n) is 8.08. The summed E-state index contributed by atoms with van der Waals surface area (Å²) >= 11 is 0. The fraction of sp³-hybridized carbons (Fsp3) is 0.304. The molecule has 2 heterocycles. The third kappa shape index (κ3) is 5.74. The molecule has 2 aromatic heterocycles. The summed E-state index contributed by atoms with van der Waals surface area (Å²) in [5.41, 5.74) is 5.89. The number of nitrogens with zero attached hydrogens (tertiary/aromatic N) is 4. The first-order chi connectivity index (χ1) is 16.2. The summed E-state index contributed by atoms with van der Waals surface area (Å²) in [5, 5.41) is 0. The lowest BCUT2D eigenvalue weighted by molar-refractivity contribution is -0.121. The highest BCUT2D eigenvalue weighted by molar-refractivity contribution is 5.98. The molecule has 3 N–H and O–H groups in total. The van der Waals surface area contributed by atoms with Gasteiger partial charge in [-0.1, -0.05) is 44.2 Å². The first kappa shape index (κ1) is 24.4. The molecule has 0 saturated heterocycles. The number of aryl methyl sites for hydroxylation is 1. The molecule has 0 unspecified atom stereocenters. The molecule has 178 valence electrons. The number of amides is 1. The second-order valence-corrected chi connectivity index (χ2v) is 8.08. The summed E-state index contributed by atoms with van der Waals surface area (Å²) < 4.78 is 6.27. The van der Waals surface area contributed by atoms with E-state index in [1.54, 1.807) is 19.1 Å². The summed E-state index contributed by atoms with van der Waals surface area (Å²) in [6.07, 6.45) is 2.65. The Balaban J connectivity index is 1.90. The van der Waals surface area contributed by atoms with Gasteiger partial charge in [-0.05, 0) is 18.4 Å². The molecular formula is C23H26N6O5. The number of carbonyl (C=O) groups is 2. The lowest BCUT2D eigenvalue weighted by Crippen LogP contribution is -2.44. The number of aromatic nitrogens is 4. The van der Waals surface area contributed by atoms with Gasteiger partial charge in [-0.3, -0.25) is 24.1 Å². The smallest absolute Gasteiger partial charge is 0.359 e. The van der Waals surface area contributed by atoms with Gasteiger partial charge in [0.15, 0.2) is 18.0 Å². The average molecular weight is 466 g/mol. The zero-order valence-corrected chi connectivity index (χ0v) is 19.1. The Hall–Kier alpha value is -4.28. The average Bonchev–Trinajstić information content (AvgIpc) is 2.80. The van der Waals surface area contributed by atoms with Crippen LogP contribution in [0.1, 0.15) is 35.6 Å². The van der Waals surface area contributed by atoms with Crippen molar-refractivity contribution in [1.82, 2.24) is 19.5 Å². The molecular weight excluding hydrogens is 440 g/mol. The number of ether oxygens (including phenoxy) is 1. The van der Waals surface area contributed by atoms with E-state index < -0.39 is 29.7 Å². The van der Waals surface area contributed by atoms with Crippen molar-refractivity contribution in [2.45, 2.75) is 27.3 Å². The van der Waals surface area contributed by atoms with Crippen molar-refractivity contribution >= 4 is 23.4 Å². The van der Waals surface area contributed by atoms with Crippen LogP contribution in [0, 0.1) is 12.8 Å². The molecule has 0 bridgehead atoms. The first-order valence-electron chi connectivity index (χ1n) is 10.6. The molecule has 0 fully saturated rings. The van der Waals surface area contributed by atoms with Crippen LogP contribution in [0.4, 0.5) is 11.5 Å². The number of nitrogen functional groups attached to an aromatic ring is 1. The SMILES string of the molecule is Cc1cnc(C(=O)OCC(=O)N(CC(C)C)c2c(N)n(Cc3ccccc3)c(=O)[nH]c2=O)cn1. The first-order valence-corrected chi connectivity index (χ1v) is 10.6. The van der Waals surface area contributed by atoms with Gasteiger partial charge in [0.1, 0.15) is 5.82 Å². The number of hydrogen-bond donors (Lipinski definition) is 2. The lowest BCUT2D eigenvalue weighted by atomic mass is 10.2. The quantitative estimate of drug-likeness (QED) is 0.468. The minimum Gasteiger partial charge on any atom is -0.451 e. The molecule has 3 aromatic rings. The van der Waals surface area contributed by atoms with Gasteiger partial charge in [0.2, 0.25) is 0 Å². The minimum atomic E-state index is -0.832. The molecule has 0 saturated carbocycles. The topological polar surface area (TPSA) is 153 Å². The lowest BCUT2D eigenvalue weighted by Gasteiger charge is -2.26. The Kier molecular flexibility index (Phi) is 7.57. The van der Waals surface area contributed by atoms with Crippen LogP contribution < -0.4 is 21.9 Å². The number of nitrogens with one attached hydrogen (secondary N) is 1. The van der Waals surface area contributed by atoms with Crippen molar-refractivity contribution < 1.29 is 14.3 Å². The van der Waals surface area contributed by atoms with Gasteiger partial charge in [0.05, 0.1) is 18.4 Å². The van der Waals surface area contributed by atoms with Crippen molar-refractivity contribution in [3.63, 3.8) is 0 Å². The van der Waals surface area contributed by atoms with E-state index >= 15 is 0 Å². The zero-order chi connectivity index (χ0) is 24.8. The van der Waals surface area contributed by atoms with Crippen LogP contribution in [0.15, 0.2) is 52.3 Å². The summed E-state index contributed by atoms with van der Waals surface area (Å²) in [7, 11) is 0. The number of anilines is 2. The van der Waals surface area contributed by atoms with Crippen LogP contribution >= 0.6 is 0 Å². The highest BCUT2D eigenvalue weighted by atomic mass is 16.5. The van der Waals surface area contributed by atoms with Gasteiger partial charge in [-0.25, -0.2) is 14.6 Å². The van der Waals surface area contributed by atoms with Gasteiger partial charge < -0.3 is 15.4 Å². The van der Waals surface area contributed by atoms with E-state index in [2.05, 4.69) is 15.0 Å². The number of H-pyrrole nitrogens is 1. The maximum absolute atomic E-state index is 13.0. The standard InChI is InChI=1S/C23H26N6O5/c1-14(2)11-28(18(30)13-34-22(32)17-10-25-15(3)9-26-17)19-20(24)29(23(33)27-21(19)31)12-16-7-5-4-6-8-16/h4-10,14H,11-13,24H2,1-3H3,(H,27,31,33). The van der Waals surface area contributed by atoms with E-state index in [0.29, 0.717) is 5.69 Å². The minimum absolute atomic E-state index is 0.0532. The molecule has 1 aromatic carbocycles. The number of esters is 1. The normalized spacial score (nSPS) is 10.8. The van der Waals surface area contributed by atoms with Crippen LogP contribution in [0.5, 0.6) is 0 Å². The summed E-state index contributed by atoms with van der Waals surface area (Å²) in [4.78, 5) is 61.7. The Labute approximate surface area is 195 Å². The largest absolute Gasteiger partial charge is 0.451 e. The van der Waals surface area contributed by atoms with Crippen molar-refractivity contribution in [2.24, 2.45) is 5.92 Å². The van der Waals surface area contributed by atoms with Gasteiger partial charge in [0, 0.05) is 12.7 Å². The van der Waals surface area contributed by atoms with Crippen LogP contribution in [0.3, 0.4) is 0 Å². The monoisotopic (exact) mass is 466 g/mol. The third-order valence-corrected chi connectivity index (χ3v) is 4.83. The second kappa shape index (κ2) is 10.6. The molecule has 3 rings (SSSR count). The number of carbonyl (C=O) groups excluding carboxylic acids is 2. The molecule has 34 heavy (non-hydrogen) atoms. The zero-order valence-electron chi connectivity index (χ0n) is 19.1. The predicted molar refractivity (Wildman–Crippen MR) is 126 cm³/mol. The maximum atomic E-state index is 13.0. The van der Waals surface area contributed by atoms with Gasteiger partial charge in [0.25, 0.3) is 11.5 Å². The Bertz CT molecular complexity index is 1280. The van der Waals surface area contributed by atoms with Gasteiger partial charge in [-0.15, -0.1) is 0 Å². The van der Waals surface area contributed by atoms with Crippen LogP contribution in [0.25, 0.3) is 0 Å². The van der Waals surface area contributed by atoms with E-state index in [0.717, 1.165) is 10.5 Å². The number of aromatic amines is 1. The summed E-state index contributed by atoms with van der Waals surface area (Å²) in [6.45, 7) is 4.96. The van der Waals surface area contributed by atoms with E-state index in [9.17, 15) is 19.2 Å². The van der Waals surface area contributed by atoms with Crippen LogP contribution in [0.2, 0.25) is 0 Å². The Morgan fingerprint density at radius 2 is 1.85 bits per heavy atom. The molecule has 0 atom stereocenters. The van der Waals surface area contributed by atoms with Crippen molar-refractivity contribution in [2.75, 3.05) is 23.8 Å². The van der Waals surface area contributed by atoms with E-state index in [-0.39, 0.29) is 36.2 Å². The highest BCUT2D eigenvalue weighted by Gasteiger charge is 2.26. The molecule has 11 heteroatoms. The van der Waals surface area contributed by atoms with E-state index in [4.69, 9.17) is 10.5 Å². The molecule has 0 spiro atoms. The maximum Gasteiger partial charge on any atom is 0.359 e. The van der Waals surface area contributed by atoms with E-state index in [1.807, 2.05) is 32.0 Å². The fourth-order valence-corrected chi connectivity index (χ4v) is 3.22. The molecule has 0 aliphatic carbocycles. The highest BCUT2D eigenvalue weighted by Crippen LogP contribution is 2.19. The van der Waals surface area contributed by atoms with Gasteiger partial charge >= 0.3 is 11.7 Å². The van der Waals surface area contributed by atoms with Crippen molar-refractivity contribution in [3.8, 4) is 0 Å². The van der Waals surface area contributed by atoms with Crippen LogP contribution in [-0.4, -0.2) is 44.5 Å². The number of nitrogens with two attached hydrogens (primary N) is 1. The fourth-order valence-electron chi connectivity index (χ4n) is 3.22. The number of benzene rings is 1.